The predicted octanol–water partition coefficient (Wildman–Crippen LogP) is 3.41. The minimum atomic E-state index is -3.59. The van der Waals surface area contributed by atoms with E-state index in [9.17, 15) is 8.42 Å². The monoisotopic (exact) mass is 438 g/mol. The molecule has 1 saturated heterocycles. The largest absolute Gasteiger partial charge is 0.378 e. The number of halogens is 1. The Bertz CT molecular complexity index is 880. The van der Waals surface area contributed by atoms with Gasteiger partial charge in [0.05, 0.1) is 18.1 Å². The van der Waals surface area contributed by atoms with Crippen molar-refractivity contribution in [2.45, 2.75) is 18.4 Å². The fourth-order valence-electron chi connectivity index (χ4n) is 3.07. The van der Waals surface area contributed by atoms with Crippen LogP contribution in [0, 0.1) is 6.92 Å². The second-order valence-electron chi connectivity index (χ2n) is 6.42. The quantitative estimate of drug-likeness (QED) is 0.717. The Labute approximate surface area is 163 Å². The van der Waals surface area contributed by atoms with Gasteiger partial charge >= 0.3 is 0 Å². The third-order valence-corrected chi connectivity index (χ3v) is 7.29. The van der Waals surface area contributed by atoms with Crippen molar-refractivity contribution in [1.82, 2.24) is 4.31 Å². The number of morpholine rings is 1. The van der Waals surface area contributed by atoms with Crippen LogP contribution in [0.2, 0.25) is 0 Å². The lowest BCUT2D eigenvalue weighted by molar-refractivity contribution is 0.122. The fraction of sp³-hybridized carbons (Fsp3) is 0.368. The molecular weight excluding hydrogens is 416 g/mol. The molecule has 0 amide bonds. The summed E-state index contributed by atoms with van der Waals surface area (Å²) in [5.41, 5.74) is 3.07. The minimum Gasteiger partial charge on any atom is -0.378 e. The lowest BCUT2D eigenvalue weighted by Gasteiger charge is -2.31. The Morgan fingerprint density at radius 1 is 1.15 bits per heavy atom. The fourth-order valence-corrected chi connectivity index (χ4v) is 5.36. The third kappa shape index (κ3) is 4.11. The Balaban J connectivity index is 1.86. The number of nitrogens with zero attached hydrogens (tertiary/aromatic N) is 2. The van der Waals surface area contributed by atoms with Gasteiger partial charge in [-0.1, -0.05) is 24.3 Å². The second-order valence-corrected chi connectivity index (χ2v) is 9.29. The first-order valence-corrected chi connectivity index (χ1v) is 10.8. The van der Waals surface area contributed by atoms with Crippen molar-refractivity contribution in [3.05, 3.63) is 58.1 Å². The number of hydrogen-bond acceptors (Lipinski definition) is 4. The van der Waals surface area contributed by atoms with Crippen molar-refractivity contribution in [3.63, 3.8) is 0 Å². The first-order valence-electron chi connectivity index (χ1n) is 8.52. The SMILES string of the molecule is Cc1ccc(S(=O)(=O)N(C)Cc2ccccc2N2CCOCC2)c(Br)c1. The van der Waals surface area contributed by atoms with Crippen LogP contribution in [0.25, 0.3) is 0 Å². The van der Waals surface area contributed by atoms with Crippen molar-refractivity contribution in [3.8, 4) is 0 Å². The van der Waals surface area contributed by atoms with Gasteiger partial charge in [0.1, 0.15) is 0 Å². The summed E-state index contributed by atoms with van der Waals surface area (Å²) in [7, 11) is -1.97. The Morgan fingerprint density at radius 3 is 2.54 bits per heavy atom. The van der Waals surface area contributed by atoms with Crippen LogP contribution in [0.3, 0.4) is 0 Å². The molecule has 0 atom stereocenters. The molecule has 0 unspecified atom stereocenters. The van der Waals surface area contributed by atoms with Gasteiger partial charge in [0.2, 0.25) is 10.0 Å². The third-order valence-electron chi connectivity index (χ3n) is 4.51. The number of benzene rings is 2. The van der Waals surface area contributed by atoms with Gasteiger partial charge in [-0.3, -0.25) is 0 Å². The van der Waals surface area contributed by atoms with E-state index in [2.05, 4.69) is 20.8 Å². The lowest BCUT2D eigenvalue weighted by Crippen LogP contribution is -2.37. The van der Waals surface area contributed by atoms with Gasteiger partial charge in [-0.25, -0.2) is 8.42 Å². The molecule has 1 aliphatic rings. The van der Waals surface area contributed by atoms with E-state index >= 15 is 0 Å². The van der Waals surface area contributed by atoms with Crippen molar-refractivity contribution >= 4 is 31.6 Å². The lowest BCUT2D eigenvalue weighted by atomic mass is 10.1. The molecule has 0 bridgehead atoms. The zero-order valence-corrected chi connectivity index (χ0v) is 17.4. The predicted molar refractivity (Wildman–Crippen MR) is 107 cm³/mol. The molecule has 0 radical (unpaired) electrons. The molecule has 0 spiro atoms. The zero-order chi connectivity index (χ0) is 18.7. The molecule has 1 fully saturated rings. The first kappa shape index (κ1) is 19.4. The van der Waals surface area contributed by atoms with Crippen LogP contribution in [0.4, 0.5) is 5.69 Å². The van der Waals surface area contributed by atoms with Gasteiger partial charge in [-0.15, -0.1) is 0 Å². The molecule has 2 aromatic carbocycles. The highest BCUT2D eigenvalue weighted by molar-refractivity contribution is 9.10. The van der Waals surface area contributed by atoms with E-state index in [1.807, 2.05) is 43.3 Å². The summed E-state index contributed by atoms with van der Waals surface area (Å²) >= 11 is 3.39. The molecule has 0 aliphatic carbocycles. The number of anilines is 1. The zero-order valence-electron chi connectivity index (χ0n) is 15.0. The normalized spacial score (nSPS) is 15.5. The highest BCUT2D eigenvalue weighted by Crippen LogP contribution is 2.28. The number of ether oxygens (including phenoxy) is 1. The summed E-state index contributed by atoms with van der Waals surface area (Å²) in [6.45, 7) is 5.27. The molecule has 140 valence electrons. The number of aryl methyl sites for hydroxylation is 1. The van der Waals surface area contributed by atoms with E-state index in [1.165, 1.54) is 4.31 Å². The maximum Gasteiger partial charge on any atom is 0.244 e. The number of sulfonamides is 1. The van der Waals surface area contributed by atoms with Crippen molar-refractivity contribution < 1.29 is 13.2 Å². The highest BCUT2D eigenvalue weighted by atomic mass is 79.9. The van der Waals surface area contributed by atoms with Gasteiger partial charge < -0.3 is 9.64 Å². The Morgan fingerprint density at radius 2 is 1.85 bits per heavy atom. The Kier molecular flexibility index (Phi) is 6.02. The van der Waals surface area contributed by atoms with Crippen LogP contribution < -0.4 is 4.90 Å². The summed E-state index contributed by atoms with van der Waals surface area (Å²) in [6, 6.07) is 13.2. The number of para-hydroxylation sites is 1. The molecule has 1 heterocycles. The number of rotatable bonds is 5. The van der Waals surface area contributed by atoms with Crippen LogP contribution in [-0.2, 0) is 21.3 Å². The average molecular weight is 439 g/mol. The minimum absolute atomic E-state index is 0.287. The molecule has 26 heavy (non-hydrogen) atoms. The molecule has 1 aliphatic heterocycles. The van der Waals surface area contributed by atoms with E-state index in [0.717, 1.165) is 29.9 Å². The van der Waals surface area contributed by atoms with Crippen molar-refractivity contribution in [2.24, 2.45) is 0 Å². The summed E-state index contributed by atoms with van der Waals surface area (Å²) in [5.74, 6) is 0. The van der Waals surface area contributed by atoms with Crippen LogP contribution in [0.5, 0.6) is 0 Å². The van der Waals surface area contributed by atoms with Gasteiger partial charge in [0.25, 0.3) is 0 Å². The van der Waals surface area contributed by atoms with Crippen LogP contribution in [0.15, 0.2) is 51.8 Å². The molecule has 7 heteroatoms. The average Bonchev–Trinajstić information content (AvgIpc) is 2.62. The van der Waals surface area contributed by atoms with E-state index in [-0.39, 0.29) is 4.90 Å². The topological polar surface area (TPSA) is 49.9 Å². The van der Waals surface area contributed by atoms with E-state index in [1.54, 1.807) is 13.1 Å². The van der Waals surface area contributed by atoms with Crippen LogP contribution in [0.1, 0.15) is 11.1 Å². The smallest absolute Gasteiger partial charge is 0.244 e. The molecule has 2 aromatic rings. The maximum atomic E-state index is 13.0. The van der Waals surface area contributed by atoms with E-state index in [0.29, 0.717) is 24.2 Å². The number of hydrogen-bond donors (Lipinski definition) is 0. The first-order chi connectivity index (χ1) is 12.4. The maximum absolute atomic E-state index is 13.0. The Hall–Kier alpha value is -1.41. The van der Waals surface area contributed by atoms with Gasteiger partial charge in [-0.05, 0) is 52.2 Å². The standard InChI is InChI=1S/C19H23BrN2O3S/c1-15-7-8-19(17(20)13-15)26(23,24)21(2)14-16-5-3-4-6-18(16)22-9-11-25-12-10-22/h3-8,13H,9-12,14H2,1-2H3. The molecule has 0 aromatic heterocycles. The summed E-state index contributed by atoms with van der Waals surface area (Å²) in [4.78, 5) is 2.54. The molecule has 0 saturated carbocycles. The van der Waals surface area contributed by atoms with Gasteiger partial charge in [-0.2, -0.15) is 4.31 Å². The summed E-state index contributed by atoms with van der Waals surface area (Å²) in [5, 5.41) is 0. The highest BCUT2D eigenvalue weighted by Gasteiger charge is 2.25. The van der Waals surface area contributed by atoms with E-state index in [4.69, 9.17) is 4.74 Å². The molecule has 3 rings (SSSR count). The summed E-state index contributed by atoms with van der Waals surface area (Å²) < 4.78 is 33.5. The van der Waals surface area contributed by atoms with Crippen molar-refractivity contribution in [1.29, 1.82) is 0 Å². The van der Waals surface area contributed by atoms with Crippen molar-refractivity contribution in [2.75, 3.05) is 38.3 Å². The van der Waals surface area contributed by atoms with Gasteiger partial charge in [0.15, 0.2) is 0 Å². The van der Waals surface area contributed by atoms with E-state index < -0.39 is 10.0 Å². The molecule has 5 nitrogen and oxygen atoms in total. The second kappa shape index (κ2) is 8.08. The molecule has 0 N–H and O–H groups in total. The van der Waals surface area contributed by atoms with Crippen LogP contribution >= 0.6 is 15.9 Å². The summed E-state index contributed by atoms with van der Waals surface area (Å²) in [6.07, 6.45) is 0. The van der Waals surface area contributed by atoms with Crippen LogP contribution in [-0.4, -0.2) is 46.1 Å². The molecular formula is C19H23BrN2O3S. The van der Waals surface area contributed by atoms with Gasteiger partial charge in [0, 0.05) is 36.8 Å².